The first-order valence-electron chi connectivity index (χ1n) is 12.0. The number of nitrogens with one attached hydrogen (secondary N) is 1. The smallest absolute Gasteiger partial charge is 0.407 e. The average molecular weight is 481 g/mol. The lowest BCUT2D eigenvalue weighted by atomic mass is 9.93. The number of carboxylic acid groups (broad SMARTS) is 1. The summed E-state index contributed by atoms with van der Waals surface area (Å²) in [7, 11) is 1.48. The van der Waals surface area contributed by atoms with Crippen molar-refractivity contribution < 1.29 is 29.0 Å². The van der Waals surface area contributed by atoms with Gasteiger partial charge in [0.25, 0.3) is 0 Å². The van der Waals surface area contributed by atoms with Gasteiger partial charge in [0, 0.05) is 32.2 Å². The number of alkyl carbamates (subject to hydrolysis) is 1. The number of carboxylic acids is 1. The van der Waals surface area contributed by atoms with Crippen molar-refractivity contribution in [3.63, 3.8) is 0 Å². The van der Waals surface area contributed by atoms with Crippen molar-refractivity contribution in [2.45, 2.75) is 44.2 Å². The molecule has 8 heteroatoms. The third kappa shape index (κ3) is 5.48. The molecule has 2 aliphatic rings. The fourth-order valence-electron chi connectivity index (χ4n) is 5.05. The second-order valence-corrected chi connectivity index (χ2v) is 9.28. The molecule has 0 bridgehead atoms. The highest BCUT2D eigenvalue weighted by atomic mass is 16.5. The van der Waals surface area contributed by atoms with Gasteiger partial charge in [-0.05, 0) is 42.0 Å². The molecule has 35 heavy (non-hydrogen) atoms. The molecule has 8 nitrogen and oxygen atoms in total. The van der Waals surface area contributed by atoms with Crippen LogP contribution in [0.5, 0.6) is 0 Å². The predicted octanol–water partition coefficient (Wildman–Crippen LogP) is 3.64. The van der Waals surface area contributed by atoms with E-state index in [1.807, 2.05) is 31.2 Å². The summed E-state index contributed by atoms with van der Waals surface area (Å²) in [6.45, 7) is 2.44. The summed E-state index contributed by atoms with van der Waals surface area (Å²) in [5.74, 6) is -1.63. The lowest BCUT2D eigenvalue weighted by Crippen LogP contribution is -2.49. The van der Waals surface area contributed by atoms with Crippen LogP contribution in [0.3, 0.4) is 0 Å². The van der Waals surface area contributed by atoms with E-state index in [0.29, 0.717) is 12.8 Å². The van der Waals surface area contributed by atoms with E-state index in [0.717, 1.165) is 22.3 Å². The lowest BCUT2D eigenvalue weighted by Gasteiger charge is -2.37. The number of piperidine rings is 1. The Morgan fingerprint density at radius 1 is 1.06 bits per heavy atom. The normalized spacial score (nSPS) is 20.0. The molecule has 1 aliphatic carbocycles. The Hall–Kier alpha value is -3.39. The van der Waals surface area contributed by atoms with Crippen molar-refractivity contribution >= 4 is 18.0 Å². The van der Waals surface area contributed by atoms with Crippen molar-refractivity contribution in [1.82, 2.24) is 10.2 Å². The number of likely N-dealkylation sites (tertiary alicyclic amines) is 1. The van der Waals surface area contributed by atoms with Gasteiger partial charge in [0.05, 0.1) is 18.4 Å². The van der Waals surface area contributed by atoms with Crippen molar-refractivity contribution in [2.24, 2.45) is 5.92 Å². The highest BCUT2D eigenvalue weighted by Crippen LogP contribution is 2.44. The molecule has 1 fully saturated rings. The summed E-state index contributed by atoms with van der Waals surface area (Å²) >= 11 is 0. The molecule has 1 heterocycles. The molecule has 2 aromatic carbocycles. The fourth-order valence-corrected chi connectivity index (χ4v) is 5.05. The van der Waals surface area contributed by atoms with Crippen LogP contribution >= 0.6 is 0 Å². The van der Waals surface area contributed by atoms with Crippen LogP contribution in [0.1, 0.15) is 43.2 Å². The van der Waals surface area contributed by atoms with E-state index < -0.39 is 24.1 Å². The predicted molar refractivity (Wildman–Crippen MR) is 130 cm³/mol. The van der Waals surface area contributed by atoms with Crippen LogP contribution in [0.15, 0.2) is 48.5 Å². The Balaban J connectivity index is 1.29. The van der Waals surface area contributed by atoms with Crippen LogP contribution in [0.25, 0.3) is 11.1 Å². The Morgan fingerprint density at radius 3 is 2.29 bits per heavy atom. The molecule has 0 radical (unpaired) electrons. The van der Waals surface area contributed by atoms with Gasteiger partial charge < -0.3 is 24.8 Å². The van der Waals surface area contributed by atoms with Crippen LogP contribution in [0, 0.1) is 5.92 Å². The molecular formula is C27H32N2O6. The largest absolute Gasteiger partial charge is 0.481 e. The molecule has 3 atom stereocenters. The quantitative estimate of drug-likeness (QED) is 0.598. The van der Waals surface area contributed by atoms with Crippen LogP contribution in [-0.4, -0.2) is 66.9 Å². The van der Waals surface area contributed by atoms with Gasteiger partial charge in [-0.15, -0.1) is 0 Å². The summed E-state index contributed by atoms with van der Waals surface area (Å²) in [4.78, 5) is 38.3. The number of rotatable bonds is 8. The number of aliphatic carboxylic acids is 1. The van der Waals surface area contributed by atoms with E-state index in [2.05, 4.69) is 29.6 Å². The summed E-state index contributed by atoms with van der Waals surface area (Å²) in [6.07, 6.45) is 0.158. The summed E-state index contributed by atoms with van der Waals surface area (Å²) in [6, 6.07) is 16.2. The summed E-state index contributed by atoms with van der Waals surface area (Å²) < 4.78 is 11.0. The molecule has 1 saturated heterocycles. The first kappa shape index (κ1) is 24.7. The number of carbonyl (C=O) groups is 3. The standard InChI is InChI=1S/C27H32N2O6/c1-17-11-12-18(26(31)32)15-29(17)25(30)13-19(34-2)14-28-27(33)35-16-24-22-9-5-3-7-20(22)21-8-4-6-10-23(21)24/h3-10,17-19,24H,11-16H2,1-2H3,(H,28,33)(H,31,32). The Bertz CT molecular complexity index is 1040. The second kappa shape index (κ2) is 10.9. The number of amides is 2. The molecule has 0 aromatic heterocycles. The Kier molecular flexibility index (Phi) is 7.70. The zero-order valence-electron chi connectivity index (χ0n) is 20.1. The number of benzene rings is 2. The van der Waals surface area contributed by atoms with Crippen molar-refractivity contribution in [1.29, 1.82) is 0 Å². The number of hydrogen-bond acceptors (Lipinski definition) is 5. The number of ether oxygens (including phenoxy) is 2. The number of hydrogen-bond donors (Lipinski definition) is 2. The number of fused-ring (bicyclic) bond motifs is 3. The average Bonchev–Trinajstić information content (AvgIpc) is 3.19. The Morgan fingerprint density at radius 2 is 1.69 bits per heavy atom. The molecule has 2 aromatic rings. The van der Waals surface area contributed by atoms with Gasteiger partial charge in [0.1, 0.15) is 6.61 Å². The lowest BCUT2D eigenvalue weighted by molar-refractivity contribution is -0.147. The molecule has 186 valence electrons. The maximum absolute atomic E-state index is 12.8. The van der Waals surface area contributed by atoms with Crippen molar-refractivity contribution in [3.8, 4) is 11.1 Å². The zero-order chi connectivity index (χ0) is 24.9. The third-order valence-electron chi connectivity index (χ3n) is 7.11. The maximum atomic E-state index is 12.8. The van der Waals surface area contributed by atoms with Crippen LogP contribution in [0.4, 0.5) is 4.79 Å². The van der Waals surface area contributed by atoms with E-state index in [-0.39, 0.29) is 44.0 Å². The van der Waals surface area contributed by atoms with E-state index in [1.54, 1.807) is 4.90 Å². The van der Waals surface area contributed by atoms with Gasteiger partial charge in [-0.25, -0.2) is 4.79 Å². The summed E-state index contributed by atoms with van der Waals surface area (Å²) in [5, 5.41) is 12.0. The highest BCUT2D eigenvalue weighted by Gasteiger charge is 2.33. The van der Waals surface area contributed by atoms with E-state index in [1.165, 1.54) is 7.11 Å². The molecule has 4 rings (SSSR count). The SMILES string of the molecule is COC(CNC(=O)OCC1c2ccccc2-c2ccccc21)CC(=O)N1CC(C(=O)O)CCC1C. The van der Waals surface area contributed by atoms with Gasteiger partial charge >= 0.3 is 12.1 Å². The monoisotopic (exact) mass is 480 g/mol. The molecule has 0 spiro atoms. The van der Waals surface area contributed by atoms with Crippen molar-refractivity contribution in [3.05, 3.63) is 59.7 Å². The summed E-state index contributed by atoms with van der Waals surface area (Å²) in [5.41, 5.74) is 4.59. The number of methoxy groups -OCH3 is 1. The first-order valence-corrected chi connectivity index (χ1v) is 12.0. The molecular weight excluding hydrogens is 448 g/mol. The van der Waals surface area contributed by atoms with Crippen LogP contribution in [-0.2, 0) is 19.1 Å². The van der Waals surface area contributed by atoms with Crippen LogP contribution < -0.4 is 5.32 Å². The van der Waals surface area contributed by atoms with Gasteiger partial charge in [-0.3, -0.25) is 9.59 Å². The number of carbonyl (C=O) groups excluding carboxylic acids is 2. The Labute approximate surface area is 205 Å². The van der Waals surface area contributed by atoms with E-state index in [9.17, 15) is 19.5 Å². The van der Waals surface area contributed by atoms with E-state index in [4.69, 9.17) is 9.47 Å². The van der Waals surface area contributed by atoms with Gasteiger partial charge in [-0.2, -0.15) is 0 Å². The number of nitrogens with zero attached hydrogens (tertiary/aromatic N) is 1. The molecule has 1 aliphatic heterocycles. The first-order chi connectivity index (χ1) is 16.9. The van der Waals surface area contributed by atoms with Crippen LogP contribution in [0.2, 0.25) is 0 Å². The fraction of sp³-hybridized carbons (Fsp3) is 0.444. The molecule has 2 amide bonds. The highest BCUT2D eigenvalue weighted by molar-refractivity contribution is 5.80. The maximum Gasteiger partial charge on any atom is 0.407 e. The zero-order valence-corrected chi connectivity index (χ0v) is 20.1. The third-order valence-corrected chi connectivity index (χ3v) is 7.11. The second-order valence-electron chi connectivity index (χ2n) is 9.28. The van der Waals surface area contributed by atoms with Crippen molar-refractivity contribution in [2.75, 3.05) is 26.8 Å². The van der Waals surface area contributed by atoms with Gasteiger partial charge in [0.2, 0.25) is 5.91 Å². The van der Waals surface area contributed by atoms with Gasteiger partial charge in [-0.1, -0.05) is 48.5 Å². The minimum atomic E-state index is -0.880. The molecule has 2 N–H and O–H groups in total. The minimum absolute atomic E-state index is 0.0225. The van der Waals surface area contributed by atoms with Gasteiger partial charge in [0.15, 0.2) is 0 Å². The topological polar surface area (TPSA) is 105 Å². The minimum Gasteiger partial charge on any atom is -0.481 e. The molecule has 3 unspecified atom stereocenters. The molecule has 0 saturated carbocycles. The van der Waals surface area contributed by atoms with E-state index >= 15 is 0 Å².